The molecule has 0 bridgehead atoms. The van der Waals surface area contributed by atoms with E-state index < -0.39 is 5.60 Å². The number of rotatable bonds is 5. The number of aliphatic hydroxyl groups is 1. The SMILES string of the molecule is CCC[C@]1(O)C[C@H](c2ccccc2)[NH2+][C@H](c2ccccc2)[C@@H]1CC. The van der Waals surface area contributed by atoms with Crippen LogP contribution in [-0.4, -0.2) is 10.7 Å². The molecule has 128 valence electrons. The van der Waals surface area contributed by atoms with E-state index in [1.165, 1.54) is 11.1 Å². The molecule has 2 aromatic rings. The van der Waals surface area contributed by atoms with Gasteiger partial charge in [0.25, 0.3) is 0 Å². The average molecular weight is 324 g/mol. The molecule has 0 saturated carbocycles. The Kier molecular flexibility index (Phi) is 5.37. The van der Waals surface area contributed by atoms with Crippen LogP contribution in [0.2, 0.25) is 0 Å². The highest BCUT2D eigenvalue weighted by molar-refractivity contribution is 5.22. The normalized spacial score (nSPS) is 30.2. The van der Waals surface area contributed by atoms with Gasteiger partial charge in [0.2, 0.25) is 0 Å². The molecular formula is C22H30NO+. The second-order valence-electron chi connectivity index (χ2n) is 7.22. The summed E-state index contributed by atoms with van der Waals surface area (Å²) in [6, 6.07) is 22.0. The van der Waals surface area contributed by atoms with Crippen LogP contribution in [0.25, 0.3) is 0 Å². The van der Waals surface area contributed by atoms with E-state index in [1.54, 1.807) is 0 Å². The van der Waals surface area contributed by atoms with E-state index in [1.807, 2.05) is 0 Å². The maximum absolute atomic E-state index is 11.6. The number of hydrogen-bond acceptors (Lipinski definition) is 1. The highest BCUT2D eigenvalue weighted by Gasteiger charge is 2.49. The maximum atomic E-state index is 11.6. The van der Waals surface area contributed by atoms with Crippen molar-refractivity contribution in [3.63, 3.8) is 0 Å². The predicted molar refractivity (Wildman–Crippen MR) is 98.5 cm³/mol. The molecule has 0 radical (unpaired) electrons. The van der Waals surface area contributed by atoms with Gasteiger partial charge in [0, 0.05) is 23.5 Å². The second-order valence-corrected chi connectivity index (χ2v) is 7.22. The third-order valence-corrected chi connectivity index (χ3v) is 5.67. The van der Waals surface area contributed by atoms with E-state index in [-0.39, 0.29) is 0 Å². The molecule has 1 fully saturated rings. The van der Waals surface area contributed by atoms with Gasteiger partial charge in [0.1, 0.15) is 12.1 Å². The molecule has 2 nitrogen and oxygen atoms in total. The van der Waals surface area contributed by atoms with Crippen LogP contribution < -0.4 is 5.32 Å². The van der Waals surface area contributed by atoms with E-state index in [9.17, 15) is 5.11 Å². The zero-order chi connectivity index (χ0) is 17.0. The van der Waals surface area contributed by atoms with Gasteiger partial charge in [0.15, 0.2) is 0 Å². The number of piperidine rings is 1. The van der Waals surface area contributed by atoms with Crippen LogP contribution in [-0.2, 0) is 0 Å². The van der Waals surface area contributed by atoms with Crippen molar-refractivity contribution in [2.45, 2.75) is 57.2 Å². The molecule has 2 aromatic carbocycles. The lowest BCUT2D eigenvalue weighted by Gasteiger charge is -2.46. The molecule has 0 amide bonds. The van der Waals surface area contributed by atoms with Crippen molar-refractivity contribution in [2.75, 3.05) is 0 Å². The van der Waals surface area contributed by atoms with Gasteiger partial charge in [-0.3, -0.25) is 0 Å². The van der Waals surface area contributed by atoms with E-state index in [2.05, 4.69) is 79.8 Å². The van der Waals surface area contributed by atoms with Gasteiger partial charge in [-0.25, -0.2) is 0 Å². The summed E-state index contributed by atoms with van der Waals surface area (Å²) in [5.74, 6) is 0.291. The van der Waals surface area contributed by atoms with Gasteiger partial charge in [-0.1, -0.05) is 80.9 Å². The van der Waals surface area contributed by atoms with Crippen molar-refractivity contribution < 1.29 is 10.4 Å². The molecule has 4 atom stereocenters. The molecule has 3 N–H and O–H groups in total. The number of nitrogens with two attached hydrogens (primary N) is 1. The van der Waals surface area contributed by atoms with Crippen molar-refractivity contribution in [1.29, 1.82) is 0 Å². The first-order valence-corrected chi connectivity index (χ1v) is 9.35. The highest BCUT2D eigenvalue weighted by atomic mass is 16.3. The van der Waals surface area contributed by atoms with Crippen LogP contribution in [0.1, 0.15) is 62.7 Å². The summed E-state index contributed by atoms with van der Waals surface area (Å²) < 4.78 is 0. The first kappa shape index (κ1) is 17.2. The van der Waals surface area contributed by atoms with Crippen LogP contribution in [0.3, 0.4) is 0 Å². The number of benzene rings is 2. The fourth-order valence-corrected chi connectivity index (χ4v) is 4.62. The number of quaternary nitrogens is 1. The van der Waals surface area contributed by atoms with E-state index >= 15 is 0 Å². The van der Waals surface area contributed by atoms with Gasteiger partial charge in [0.05, 0.1) is 5.60 Å². The van der Waals surface area contributed by atoms with Gasteiger partial charge >= 0.3 is 0 Å². The molecular weight excluding hydrogens is 294 g/mol. The largest absolute Gasteiger partial charge is 0.389 e. The smallest absolute Gasteiger partial charge is 0.118 e. The fourth-order valence-electron chi connectivity index (χ4n) is 4.62. The summed E-state index contributed by atoms with van der Waals surface area (Å²) in [5.41, 5.74) is 2.07. The maximum Gasteiger partial charge on any atom is 0.118 e. The first-order chi connectivity index (χ1) is 11.7. The lowest BCUT2D eigenvalue weighted by Crippen LogP contribution is -2.91. The molecule has 0 aliphatic carbocycles. The minimum absolute atomic E-state index is 0.291. The standard InChI is InChI=1S/C22H29NO/c1-3-15-22(24)16-20(17-11-7-5-8-12-17)23-21(19(22)4-2)18-13-9-6-10-14-18/h5-14,19-21,23-24H,3-4,15-16H2,1-2H3/p+1/t19-,20+,21+,22-/m0/s1. The van der Waals surface area contributed by atoms with E-state index in [4.69, 9.17) is 0 Å². The molecule has 2 heteroatoms. The molecule has 0 spiro atoms. The Morgan fingerprint density at radius 2 is 1.54 bits per heavy atom. The molecule has 1 saturated heterocycles. The topological polar surface area (TPSA) is 36.8 Å². The molecule has 3 rings (SSSR count). The summed E-state index contributed by atoms with van der Waals surface area (Å²) in [7, 11) is 0. The summed E-state index contributed by atoms with van der Waals surface area (Å²) in [5, 5.41) is 14.1. The van der Waals surface area contributed by atoms with E-state index in [0.29, 0.717) is 18.0 Å². The van der Waals surface area contributed by atoms with Crippen LogP contribution in [0, 0.1) is 5.92 Å². The monoisotopic (exact) mass is 324 g/mol. The summed E-state index contributed by atoms with van der Waals surface area (Å²) in [4.78, 5) is 0. The highest BCUT2D eigenvalue weighted by Crippen LogP contribution is 2.42. The Bertz CT molecular complexity index is 627. The van der Waals surface area contributed by atoms with Crippen LogP contribution >= 0.6 is 0 Å². The lowest BCUT2D eigenvalue weighted by atomic mass is 9.68. The van der Waals surface area contributed by atoms with Crippen molar-refractivity contribution in [2.24, 2.45) is 5.92 Å². The summed E-state index contributed by atoms with van der Waals surface area (Å²) in [6.07, 6.45) is 3.75. The fraction of sp³-hybridized carbons (Fsp3) is 0.455. The Labute approximate surface area is 145 Å². The van der Waals surface area contributed by atoms with Gasteiger partial charge < -0.3 is 10.4 Å². The molecule has 1 aliphatic rings. The molecule has 0 aromatic heterocycles. The Morgan fingerprint density at radius 3 is 2.08 bits per heavy atom. The molecule has 1 aliphatic heterocycles. The minimum atomic E-state index is -0.584. The summed E-state index contributed by atoms with van der Waals surface area (Å²) >= 11 is 0. The van der Waals surface area contributed by atoms with Gasteiger partial charge in [-0.05, 0) is 12.8 Å². The van der Waals surface area contributed by atoms with Crippen molar-refractivity contribution in [3.05, 3.63) is 71.8 Å². The lowest BCUT2D eigenvalue weighted by molar-refractivity contribution is -0.757. The van der Waals surface area contributed by atoms with Crippen molar-refractivity contribution in [1.82, 2.24) is 0 Å². The Morgan fingerprint density at radius 1 is 0.958 bits per heavy atom. The molecule has 0 unspecified atom stereocenters. The third-order valence-electron chi connectivity index (χ3n) is 5.67. The quantitative estimate of drug-likeness (QED) is 0.857. The molecule has 24 heavy (non-hydrogen) atoms. The van der Waals surface area contributed by atoms with Crippen molar-refractivity contribution in [3.8, 4) is 0 Å². The van der Waals surface area contributed by atoms with Crippen molar-refractivity contribution >= 4 is 0 Å². The van der Waals surface area contributed by atoms with Gasteiger partial charge in [-0.2, -0.15) is 0 Å². The average Bonchev–Trinajstić information content (AvgIpc) is 2.62. The van der Waals surface area contributed by atoms with Crippen LogP contribution in [0.4, 0.5) is 0 Å². The summed E-state index contributed by atoms with van der Waals surface area (Å²) in [6.45, 7) is 4.40. The van der Waals surface area contributed by atoms with E-state index in [0.717, 1.165) is 25.7 Å². The second kappa shape index (κ2) is 7.50. The zero-order valence-corrected chi connectivity index (χ0v) is 14.9. The first-order valence-electron chi connectivity index (χ1n) is 9.35. The van der Waals surface area contributed by atoms with Crippen LogP contribution in [0.15, 0.2) is 60.7 Å². The minimum Gasteiger partial charge on any atom is -0.389 e. The third kappa shape index (κ3) is 3.40. The number of hydrogen-bond donors (Lipinski definition) is 2. The Balaban J connectivity index is 1.98. The zero-order valence-electron chi connectivity index (χ0n) is 14.9. The predicted octanol–water partition coefficient (Wildman–Crippen LogP) is 3.99. The van der Waals surface area contributed by atoms with Gasteiger partial charge in [-0.15, -0.1) is 0 Å². The Hall–Kier alpha value is -1.64. The molecule has 1 heterocycles. The van der Waals surface area contributed by atoms with Crippen LogP contribution in [0.5, 0.6) is 0 Å².